The average Bonchev–Trinajstić information content (AvgIpc) is 2.69. The number of amides is 1. The second-order valence-electron chi connectivity index (χ2n) is 6.72. The molecule has 0 radical (unpaired) electrons. The number of halogens is 2. The van der Waals surface area contributed by atoms with Crippen molar-refractivity contribution in [1.82, 2.24) is 4.98 Å². The third-order valence-electron chi connectivity index (χ3n) is 5.01. The highest BCUT2D eigenvalue weighted by molar-refractivity contribution is 8.13. The molecule has 2 atom stereocenters. The molecule has 0 aliphatic carbocycles. The Bertz CT molecular complexity index is 940. The number of amidine groups is 1. The minimum atomic E-state index is -0.781. The number of fused-ring (bicyclic) bond motifs is 1. The van der Waals surface area contributed by atoms with Gasteiger partial charge in [0.1, 0.15) is 11.5 Å². The van der Waals surface area contributed by atoms with Crippen molar-refractivity contribution in [1.29, 1.82) is 0 Å². The van der Waals surface area contributed by atoms with E-state index in [-0.39, 0.29) is 17.4 Å². The molecule has 28 heavy (non-hydrogen) atoms. The van der Waals surface area contributed by atoms with Crippen molar-refractivity contribution in [3.8, 4) is 0 Å². The van der Waals surface area contributed by atoms with E-state index in [2.05, 4.69) is 15.3 Å². The van der Waals surface area contributed by atoms with Gasteiger partial charge in [-0.2, -0.15) is 0 Å². The zero-order valence-corrected chi connectivity index (χ0v) is 16.4. The van der Waals surface area contributed by atoms with Crippen LogP contribution < -0.4 is 11.1 Å². The number of ether oxygens (including phenoxy) is 1. The van der Waals surface area contributed by atoms with Gasteiger partial charge in [0.2, 0.25) is 0 Å². The molecule has 0 saturated carbocycles. The van der Waals surface area contributed by atoms with Gasteiger partial charge in [-0.3, -0.25) is 9.79 Å². The summed E-state index contributed by atoms with van der Waals surface area (Å²) in [4.78, 5) is 21.1. The number of hydrogen-bond donors (Lipinski definition) is 2. The summed E-state index contributed by atoms with van der Waals surface area (Å²) < 4.78 is 20.4. The molecule has 2 aliphatic rings. The van der Waals surface area contributed by atoms with E-state index in [0.717, 1.165) is 0 Å². The SMILES string of the molecule is NC1=N[C@]2(c3cc(NC(=O)c4ccc(Cl)cn4)ccc3F)CCOC[C@H]2CS1. The highest BCUT2D eigenvalue weighted by atomic mass is 35.5. The molecule has 1 fully saturated rings. The molecule has 146 valence electrons. The highest BCUT2D eigenvalue weighted by Gasteiger charge is 2.47. The molecule has 2 aromatic rings. The van der Waals surface area contributed by atoms with E-state index in [1.165, 1.54) is 36.2 Å². The number of rotatable bonds is 3. The molecule has 3 N–H and O–H groups in total. The smallest absolute Gasteiger partial charge is 0.274 e. The lowest BCUT2D eigenvalue weighted by molar-refractivity contribution is 0.00886. The Morgan fingerprint density at radius 1 is 1.39 bits per heavy atom. The number of thioether (sulfide) groups is 1. The lowest BCUT2D eigenvalue weighted by Crippen LogP contribution is -2.47. The second kappa shape index (κ2) is 7.69. The topological polar surface area (TPSA) is 89.6 Å². The Morgan fingerprint density at radius 3 is 3.04 bits per heavy atom. The number of hydrogen-bond acceptors (Lipinski definition) is 6. The van der Waals surface area contributed by atoms with Gasteiger partial charge in [0.15, 0.2) is 5.17 Å². The Balaban J connectivity index is 1.68. The molecule has 1 aromatic heterocycles. The molecule has 1 amide bonds. The number of carbonyl (C=O) groups excluding carboxylic acids is 1. The van der Waals surface area contributed by atoms with Gasteiger partial charge in [0.05, 0.1) is 17.2 Å². The Morgan fingerprint density at radius 2 is 2.25 bits per heavy atom. The van der Waals surface area contributed by atoms with Gasteiger partial charge in [0, 0.05) is 42.1 Å². The number of benzene rings is 1. The van der Waals surface area contributed by atoms with Gasteiger partial charge in [-0.05, 0) is 30.3 Å². The summed E-state index contributed by atoms with van der Waals surface area (Å²) >= 11 is 7.26. The normalized spacial score (nSPS) is 24.2. The molecule has 1 aromatic carbocycles. The van der Waals surface area contributed by atoms with Gasteiger partial charge < -0.3 is 15.8 Å². The van der Waals surface area contributed by atoms with Crippen LogP contribution in [0.3, 0.4) is 0 Å². The van der Waals surface area contributed by atoms with Gasteiger partial charge in [-0.1, -0.05) is 23.4 Å². The van der Waals surface area contributed by atoms with Crippen LogP contribution >= 0.6 is 23.4 Å². The molecule has 9 heteroatoms. The number of anilines is 1. The van der Waals surface area contributed by atoms with Gasteiger partial charge >= 0.3 is 0 Å². The van der Waals surface area contributed by atoms with Crippen LogP contribution in [0, 0.1) is 11.7 Å². The Labute approximate surface area is 170 Å². The van der Waals surface area contributed by atoms with Crippen LogP contribution in [0.1, 0.15) is 22.5 Å². The van der Waals surface area contributed by atoms with E-state index in [4.69, 9.17) is 22.1 Å². The number of aromatic nitrogens is 1. The van der Waals surface area contributed by atoms with Crippen LogP contribution in [0.15, 0.2) is 41.5 Å². The number of nitrogens with one attached hydrogen (secondary N) is 1. The van der Waals surface area contributed by atoms with E-state index < -0.39 is 11.4 Å². The molecule has 4 rings (SSSR count). The van der Waals surface area contributed by atoms with E-state index in [9.17, 15) is 9.18 Å². The fraction of sp³-hybridized carbons (Fsp3) is 0.316. The van der Waals surface area contributed by atoms with Crippen LogP contribution in [0.4, 0.5) is 10.1 Å². The van der Waals surface area contributed by atoms with Crippen molar-refractivity contribution >= 4 is 40.1 Å². The molecule has 1 saturated heterocycles. The van der Waals surface area contributed by atoms with Crippen molar-refractivity contribution in [3.05, 3.63) is 58.6 Å². The number of nitrogens with two attached hydrogens (primary N) is 1. The van der Waals surface area contributed by atoms with Crippen LogP contribution in [0.25, 0.3) is 0 Å². The summed E-state index contributed by atoms with van der Waals surface area (Å²) in [7, 11) is 0. The van der Waals surface area contributed by atoms with Crippen LogP contribution in [0.5, 0.6) is 0 Å². The molecule has 6 nitrogen and oxygen atoms in total. The Kier molecular flexibility index (Phi) is 5.27. The first-order chi connectivity index (χ1) is 13.5. The number of carbonyl (C=O) groups is 1. The average molecular weight is 421 g/mol. The monoisotopic (exact) mass is 420 g/mol. The van der Waals surface area contributed by atoms with Crippen molar-refractivity contribution in [2.24, 2.45) is 16.6 Å². The first-order valence-corrected chi connectivity index (χ1v) is 10.1. The fourth-order valence-electron chi connectivity index (χ4n) is 3.60. The van der Waals surface area contributed by atoms with Crippen molar-refractivity contribution < 1.29 is 13.9 Å². The lowest BCUT2D eigenvalue weighted by atomic mass is 9.75. The number of nitrogens with zero attached hydrogens (tertiary/aromatic N) is 2. The van der Waals surface area contributed by atoms with Crippen molar-refractivity contribution in [3.63, 3.8) is 0 Å². The summed E-state index contributed by atoms with van der Waals surface area (Å²) in [5.41, 5.74) is 6.30. The maximum absolute atomic E-state index is 14.9. The van der Waals surface area contributed by atoms with Crippen LogP contribution in [0.2, 0.25) is 5.02 Å². The third kappa shape index (κ3) is 3.59. The first kappa shape index (κ1) is 19.2. The molecule has 0 bridgehead atoms. The number of pyridine rings is 1. The van der Waals surface area contributed by atoms with Crippen LogP contribution in [-0.2, 0) is 10.3 Å². The minimum Gasteiger partial charge on any atom is -0.381 e. The molecule has 0 unspecified atom stereocenters. The fourth-order valence-corrected chi connectivity index (χ4v) is 4.68. The Hall–Kier alpha value is -2.16. The van der Waals surface area contributed by atoms with Gasteiger partial charge in [-0.15, -0.1) is 0 Å². The molecule has 2 aliphatic heterocycles. The predicted octanol–water partition coefficient (Wildman–Crippen LogP) is 3.42. The largest absolute Gasteiger partial charge is 0.381 e. The zero-order chi connectivity index (χ0) is 19.7. The summed E-state index contributed by atoms with van der Waals surface area (Å²) in [5.74, 6) is -0.0626. The summed E-state index contributed by atoms with van der Waals surface area (Å²) in [6, 6.07) is 7.60. The van der Waals surface area contributed by atoms with Gasteiger partial charge in [-0.25, -0.2) is 9.37 Å². The molecule has 3 heterocycles. The molecule has 0 spiro atoms. The van der Waals surface area contributed by atoms with Crippen molar-refractivity contribution in [2.75, 3.05) is 24.3 Å². The maximum Gasteiger partial charge on any atom is 0.274 e. The van der Waals surface area contributed by atoms with E-state index >= 15 is 0 Å². The third-order valence-corrected chi connectivity index (χ3v) is 6.19. The number of aliphatic imine (C=N–C) groups is 1. The summed E-state index contributed by atoms with van der Waals surface area (Å²) in [5, 5.41) is 3.64. The van der Waals surface area contributed by atoms with Crippen molar-refractivity contribution in [2.45, 2.75) is 12.0 Å². The van der Waals surface area contributed by atoms with Crippen LogP contribution in [-0.4, -0.2) is 35.0 Å². The quantitative estimate of drug-likeness (QED) is 0.794. The lowest BCUT2D eigenvalue weighted by Gasteiger charge is -2.44. The second-order valence-corrected chi connectivity index (χ2v) is 8.19. The maximum atomic E-state index is 14.9. The molecular formula is C19H18ClFN4O2S. The van der Waals surface area contributed by atoms with E-state index in [1.54, 1.807) is 12.1 Å². The first-order valence-electron chi connectivity index (χ1n) is 8.77. The summed E-state index contributed by atoms with van der Waals surface area (Å²) in [6.45, 7) is 0.969. The summed E-state index contributed by atoms with van der Waals surface area (Å²) in [6.07, 6.45) is 1.93. The zero-order valence-electron chi connectivity index (χ0n) is 14.8. The standard InChI is InChI=1S/C19H18ClFN4O2S/c20-12-1-4-16(23-8-12)17(26)24-13-2-3-15(21)14(7-13)19-5-6-27-9-11(19)10-28-18(22)25-19/h1-4,7-8,11H,5-6,9-10H2,(H2,22,25)(H,24,26)/t11-,19+/m0/s1. The van der Waals surface area contributed by atoms with E-state index in [1.807, 2.05) is 0 Å². The molecular weight excluding hydrogens is 403 g/mol. The minimum absolute atomic E-state index is 0.0110. The highest BCUT2D eigenvalue weighted by Crippen LogP contribution is 2.46. The van der Waals surface area contributed by atoms with E-state index in [0.29, 0.717) is 46.8 Å². The predicted molar refractivity (Wildman–Crippen MR) is 108 cm³/mol. The van der Waals surface area contributed by atoms with Gasteiger partial charge in [0.25, 0.3) is 5.91 Å².